The Balaban J connectivity index is 0.000000370. The van der Waals surface area contributed by atoms with Gasteiger partial charge in [-0.3, -0.25) is 9.59 Å². The molecule has 0 spiro atoms. The SMILES string of the molecule is CCOC(=O)/C=C/C=C(/C/C=C/C(=O)OCC)[C@H]1CCC2[C@@H](O[Si](C)(C)C(C)(C)C)CCC[C@@]21C.CCOC(=O)CCCC(CCCC(=O)OCC)[C@H]1CCC2[C@@H](O[Si](C)(C)C(C)(C)C)CCC[C@@]21C. The van der Waals surface area contributed by atoms with Crippen molar-refractivity contribution in [2.75, 3.05) is 26.4 Å². The van der Waals surface area contributed by atoms with E-state index in [1.54, 1.807) is 13.0 Å². The van der Waals surface area contributed by atoms with Crippen molar-refractivity contribution in [3.05, 3.63) is 36.0 Å². The Morgan fingerprint density at radius 1 is 0.600 bits per heavy atom. The highest BCUT2D eigenvalue weighted by Crippen LogP contribution is 2.61. The smallest absolute Gasteiger partial charge is 0.330 e. The molecular formula is C58H102O10Si2. The summed E-state index contributed by atoms with van der Waals surface area (Å²) in [6.45, 7) is 37.3. The molecule has 0 N–H and O–H groups in total. The summed E-state index contributed by atoms with van der Waals surface area (Å²) in [7, 11) is -3.68. The van der Waals surface area contributed by atoms with Gasteiger partial charge in [-0.25, -0.2) is 9.59 Å². The maximum absolute atomic E-state index is 12.0. The van der Waals surface area contributed by atoms with E-state index >= 15 is 0 Å². The third-order valence-corrected chi connectivity index (χ3v) is 27.0. The van der Waals surface area contributed by atoms with Crippen LogP contribution in [0.15, 0.2) is 36.0 Å². The van der Waals surface area contributed by atoms with Crippen LogP contribution in [0.5, 0.6) is 0 Å². The molecular weight excluding hydrogens is 913 g/mol. The summed E-state index contributed by atoms with van der Waals surface area (Å²) in [6, 6.07) is 0. The summed E-state index contributed by atoms with van der Waals surface area (Å²) >= 11 is 0. The molecule has 0 aromatic rings. The van der Waals surface area contributed by atoms with Crippen molar-refractivity contribution in [3.63, 3.8) is 0 Å². The van der Waals surface area contributed by atoms with Gasteiger partial charge < -0.3 is 27.8 Å². The number of allylic oxidation sites excluding steroid dienone is 4. The number of esters is 4. The Morgan fingerprint density at radius 3 is 1.51 bits per heavy atom. The van der Waals surface area contributed by atoms with E-state index in [1.165, 1.54) is 62.7 Å². The van der Waals surface area contributed by atoms with Gasteiger partial charge >= 0.3 is 23.9 Å². The lowest BCUT2D eigenvalue weighted by Crippen LogP contribution is -2.50. The third kappa shape index (κ3) is 17.3. The fourth-order valence-electron chi connectivity index (χ4n) is 12.3. The van der Waals surface area contributed by atoms with Gasteiger partial charge in [0.05, 0.1) is 26.4 Å². The lowest BCUT2D eigenvalue weighted by Gasteiger charge is -2.50. The first kappa shape index (κ1) is 61.8. The monoisotopic (exact) mass is 1010 g/mol. The van der Waals surface area contributed by atoms with E-state index in [1.807, 2.05) is 26.8 Å². The van der Waals surface area contributed by atoms with Gasteiger partial charge in [0.25, 0.3) is 0 Å². The third-order valence-electron chi connectivity index (χ3n) is 18.0. The largest absolute Gasteiger partial charge is 0.466 e. The Bertz CT molecular complexity index is 1730. The van der Waals surface area contributed by atoms with E-state index in [9.17, 15) is 19.2 Å². The molecule has 10 nitrogen and oxygen atoms in total. The van der Waals surface area contributed by atoms with Gasteiger partial charge in [0.1, 0.15) is 0 Å². The van der Waals surface area contributed by atoms with Gasteiger partial charge in [-0.05, 0) is 188 Å². The maximum atomic E-state index is 12.0. The molecule has 0 aromatic heterocycles. The number of carbonyl (C=O) groups excluding carboxylic acids is 4. The second-order valence-corrected chi connectivity index (χ2v) is 34.0. The quantitative estimate of drug-likeness (QED) is 0.0321. The Morgan fingerprint density at radius 2 is 1.04 bits per heavy atom. The first-order chi connectivity index (χ1) is 32.7. The maximum Gasteiger partial charge on any atom is 0.330 e. The van der Waals surface area contributed by atoms with Gasteiger partial charge in [-0.15, -0.1) is 0 Å². The lowest BCUT2D eigenvalue weighted by atomic mass is 9.60. The number of hydrogen-bond donors (Lipinski definition) is 0. The molecule has 2 unspecified atom stereocenters. The normalized spacial score (nSPS) is 27.5. The average Bonchev–Trinajstić information content (AvgIpc) is 3.80. The predicted molar refractivity (Wildman–Crippen MR) is 289 cm³/mol. The average molecular weight is 1020 g/mol. The van der Waals surface area contributed by atoms with Gasteiger partial charge in [0, 0.05) is 37.2 Å². The molecule has 70 heavy (non-hydrogen) atoms. The van der Waals surface area contributed by atoms with Crippen LogP contribution in [0, 0.1) is 40.4 Å². The molecule has 12 heteroatoms. The molecule has 0 bridgehead atoms. The molecule has 0 saturated heterocycles. The second-order valence-electron chi connectivity index (χ2n) is 24.5. The highest BCUT2D eigenvalue weighted by Gasteiger charge is 2.56. The van der Waals surface area contributed by atoms with E-state index in [0.29, 0.717) is 87.5 Å². The van der Waals surface area contributed by atoms with Gasteiger partial charge in [-0.1, -0.05) is 92.0 Å². The van der Waals surface area contributed by atoms with E-state index in [-0.39, 0.29) is 44.8 Å². The highest BCUT2D eigenvalue weighted by atomic mass is 28.4. The fourth-order valence-corrected chi connectivity index (χ4v) is 15.1. The van der Waals surface area contributed by atoms with Crippen LogP contribution in [0.1, 0.15) is 192 Å². The van der Waals surface area contributed by atoms with Crippen molar-refractivity contribution in [1.82, 2.24) is 0 Å². The predicted octanol–water partition coefficient (Wildman–Crippen LogP) is 14.8. The van der Waals surface area contributed by atoms with Crippen LogP contribution >= 0.6 is 0 Å². The van der Waals surface area contributed by atoms with Crippen molar-refractivity contribution in [2.45, 2.75) is 241 Å². The van der Waals surface area contributed by atoms with Crippen molar-refractivity contribution in [1.29, 1.82) is 0 Å². The van der Waals surface area contributed by atoms with E-state index in [4.69, 9.17) is 27.8 Å². The molecule has 4 fully saturated rings. The van der Waals surface area contributed by atoms with Crippen molar-refractivity contribution in [2.24, 2.45) is 40.4 Å². The summed E-state index contributed by atoms with van der Waals surface area (Å²) in [5, 5.41) is 0.418. The first-order valence-corrected chi connectivity index (χ1v) is 33.6. The highest BCUT2D eigenvalue weighted by molar-refractivity contribution is 6.74. The van der Waals surface area contributed by atoms with E-state index < -0.39 is 16.6 Å². The van der Waals surface area contributed by atoms with E-state index in [2.05, 4.69) is 87.7 Å². The van der Waals surface area contributed by atoms with Crippen LogP contribution in [0.25, 0.3) is 0 Å². The van der Waals surface area contributed by atoms with Crippen molar-refractivity contribution >= 4 is 40.5 Å². The summed E-state index contributed by atoms with van der Waals surface area (Å²) in [6.07, 6.45) is 26.8. The fraction of sp³-hybridized carbons (Fsp3) is 0.828. The zero-order chi connectivity index (χ0) is 52.6. The summed E-state index contributed by atoms with van der Waals surface area (Å²) < 4.78 is 34.5. The molecule has 0 heterocycles. The Hall–Kier alpha value is -2.55. The summed E-state index contributed by atoms with van der Waals surface area (Å²) in [5.41, 5.74) is 1.68. The van der Waals surface area contributed by atoms with Crippen LogP contribution in [0.4, 0.5) is 0 Å². The van der Waals surface area contributed by atoms with Gasteiger partial charge in [0.15, 0.2) is 16.6 Å². The lowest BCUT2D eigenvalue weighted by molar-refractivity contribution is -0.144. The summed E-state index contributed by atoms with van der Waals surface area (Å²) in [5.74, 6) is 1.86. The second kappa shape index (κ2) is 27.7. The first-order valence-electron chi connectivity index (χ1n) is 27.7. The van der Waals surface area contributed by atoms with E-state index in [0.717, 1.165) is 44.9 Å². The topological polar surface area (TPSA) is 124 Å². The Kier molecular flexibility index (Phi) is 24.4. The molecule has 4 saturated carbocycles. The molecule has 0 amide bonds. The van der Waals surface area contributed by atoms with Crippen molar-refractivity contribution in [3.8, 4) is 0 Å². The molecule has 0 aromatic carbocycles. The minimum Gasteiger partial charge on any atom is -0.466 e. The number of hydrogen-bond acceptors (Lipinski definition) is 10. The molecule has 0 radical (unpaired) electrons. The zero-order valence-corrected chi connectivity index (χ0v) is 49.4. The molecule has 4 aliphatic carbocycles. The number of fused-ring (bicyclic) bond motifs is 2. The van der Waals surface area contributed by atoms with Crippen LogP contribution < -0.4 is 0 Å². The number of rotatable bonds is 23. The molecule has 4 rings (SSSR count). The molecule has 8 atom stereocenters. The van der Waals surface area contributed by atoms with Gasteiger partial charge in [0.2, 0.25) is 0 Å². The molecule has 402 valence electrons. The van der Waals surface area contributed by atoms with Crippen LogP contribution in [0.2, 0.25) is 36.3 Å². The molecule has 0 aliphatic heterocycles. The number of ether oxygens (including phenoxy) is 4. The minimum atomic E-state index is -1.86. The summed E-state index contributed by atoms with van der Waals surface area (Å²) in [4.78, 5) is 47.6. The zero-order valence-electron chi connectivity index (χ0n) is 47.4. The van der Waals surface area contributed by atoms with Crippen molar-refractivity contribution < 1.29 is 47.0 Å². The van der Waals surface area contributed by atoms with Crippen LogP contribution in [-0.2, 0) is 47.0 Å². The van der Waals surface area contributed by atoms with Crippen LogP contribution in [0.3, 0.4) is 0 Å². The Labute approximate surface area is 429 Å². The van der Waals surface area contributed by atoms with Gasteiger partial charge in [-0.2, -0.15) is 0 Å². The van der Waals surface area contributed by atoms with Crippen LogP contribution in [-0.4, -0.2) is 79.1 Å². The number of carbonyl (C=O) groups is 4. The standard InChI is InChI=1S/C29H54O5Si.C29H48O5Si/c2*1-9-32-26(30)17-11-14-22(15-12-18-27(31)33-10-2)23-19-20-24-25(16-13-21-29(23,24)6)34-35(7,8)28(3,4)5/h22-25H,9-21H2,1-8H3;11-12,14,17-18,23-25H,9-10,13,15-16,19-21H2,1-8H3/b;17-11+,18-12+,22-14-/t2*23-,24?,25+,29-/m11/s1. The minimum absolute atomic E-state index is 0.0891. The molecule has 4 aliphatic rings.